The lowest BCUT2D eigenvalue weighted by molar-refractivity contribution is -0.167. The van der Waals surface area contributed by atoms with Crippen LogP contribution in [0.2, 0.25) is 0 Å². The van der Waals surface area contributed by atoms with Gasteiger partial charge in [-0.15, -0.1) is 0 Å². The van der Waals surface area contributed by atoms with Gasteiger partial charge in [-0.2, -0.15) is 0 Å². The van der Waals surface area contributed by atoms with Crippen molar-refractivity contribution < 1.29 is 28.6 Å². The molecule has 0 aliphatic rings. The van der Waals surface area contributed by atoms with Gasteiger partial charge in [0.1, 0.15) is 13.2 Å². The van der Waals surface area contributed by atoms with Gasteiger partial charge in [0.2, 0.25) is 0 Å². The molecule has 0 saturated heterocycles. The lowest BCUT2D eigenvalue weighted by Crippen LogP contribution is -2.30. The fraction of sp³-hybridized carbons (Fsp3) is 0.825. The SMILES string of the molecule is CC/C=C\C/C=C\C/C=C\CCCCCC(=O)OC(COC(=O)CCCCCCC)COC(=O)CCCCCCCCCCCCCCCCCCCCCCC/C=C\CCCCCCCCCC. The van der Waals surface area contributed by atoms with E-state index in [1.807, 2.05) is 0 Å². The number of hydrogen-bond acceptors (Lipinski definition) is 6. The first-order valence-electron chi connectivity index (χ1n) is 30.1. The molecule has 0 aromatic carbocycles. The smallest absolute Gasteiger partial charge is 0.306 e. The zero-order valence-corrected chi connectivity index (χ0v) is 46.1. The van der Waals surface area contributed by atoms with Crippen LogP contribution in [0.25, 0.3) is 0 Å². The molecular formula is C63H114O6. The molecular weight excluding hydrogens is 853 g/mol. The molecule has 0 aromatic heterocycles. The number of unbranched alkanes of at least 4 members (excludes halogenated alkanes) is 36. The van der Waals surface area contributed by atoms with Crippen molar-refractivity contribution in [1.82, 2.24) is 0 Å². The van der Waals surface area contributed by atoms with Crippen LogP contribution >= 0.6 is 0 Å². The highest BCUT2D eigenvalue weighted by molar-refractivity contribution is 5.71. The van der Waals surface area contributed by atoms with Gasteiger partial charge in [0.05, 0.1) is 0 Å². The first kappa shape index (κ1) is 66.4. The van der Waals surface area contributed by atoms with Crippen LogP contribution < -0.4 is 0 Å². The number of ether oxygens (including phenoxy) is 3. The Labute approximate surface area is 428 Å². The molecule has 0 amide bonds. The Morgan fingerprint density at radius 2 is 0.565 bits per heavy atom. The summed E-state index contributed by atoms with van der Waals surface area (Å²) in [4.78, 5) is 37.7. The lowest BCUT2D eigenvalue weighted by atomic mass is 10.0. The Kier molecular flexibility index (Phi) is 55.7. The van der Waals surface area contributed by atoms with Gasteiger partial charge < -0.3 is 14.2 Å². The van der Waals surface area contributed by atoms with Crippen LogP contribution in [0.5, 0.6) is 0 Å². The van der Waals surface area contributed by atoms with Gasteiger partial charge >= 0.3 is 17.9 Å². The number of rotatable bonds is 55. The molecule has 6 heteroatoms. The normalized spacial score (nSPS) is 12.3. The minimum Gasteiger partial charge on any atom is -0.462 e. The van der Waals surface area contributed by atoms with E-state index < -0.39 is 6.10 Å². The second-order valence-corrected chi connectivity index (χ2v) is 20.2. The van der Waals surface area contributed by atoms with Crippen molar-refractivity contribution >= 4 is 17.9 Å². The molecule has 0 aliphatic heterocycles. The Bertz CT molecular complexity index is 1200. The van der Waals surface area contributed by atoms with Crippen molar-refractivity contribution in [3.63, 3.8) is 0 Å². The van der Waals surface area contributed by atoms with E-state index in [1.54, 1.807) is 0 Å². The summed E-state index contributed by atoms with van der Waals surface area (Å²) in [6.07, 6.45) is 72.0. The molecule has 402 valence electrons. The summed E-state index contributed by atoms with van der Waals surface area (Å²) in [6.45, 7) is 6.44. The van der Waals surface area contributed by atoms with Crippen LogP contribution in [0.15, 0.2) is 48.6 Å². The third kappa shape index (κ3) is 56.2. The number of allylic oxidation sites excluding steroid dienone is 8. The molecule has 69 heavy (non-hydrogen) atoms. The molecule has 0 aromatic rings. The summed E-state index contributed by atoms with van der Waals surface area (Å²) < 4.78 is 16.7. The van der Waals surface area contributed by atoms with Gasteiger partial charge in [0.25, 0.3) is 0 Å². The maximum absolute atomic E-state index is 12.7. The molecule has 1 unspecified atom stereocenters. The topological polar surface area (TPSA) is 78.9 Å². The third-order valence-electron chi connectivity index (χ3n) is 13.3. The highest BCUT2D eigenvalue weighted by Crippen LogP contribution is 2.17. The average Bonchev–Trinajstić information content (AvgIpc) is 3.35. The van der Waals surface area contributed by atoms with Crippen molar-refractivity contribution in [3.8, 4) is 0 Å². The summed E-state index contributed by atoms with van der Waals surface area (Å²) in [5.74, 6) is -0.916. The van der Waals surface area contributed by atoms with E-state index in [1.165, 1.54) is 186 Å². The van der Waals surface area contributed by atoms with E-state index in [4.69, 9.17) is 14.2 Å². The zero-order valence-electron chi connectivity index (χ0n) is 46.1. The van der Waals surface area contributed by atoms with E-state index in [0.29, 0.717) is 19.3 Å². The van der Waals surface area contributed by atoms with E-state index in [-0.39, 0.29) is 31.1 Å². The molecule has 0 aliphatic carbocycles. The van der Waals surface area contributed by atoms with Crippen molar-refractivity contribution in [2.24, 2.45) is 0 Å². The van der Waals surface area contributed by atoms with E-state index >= 15 is 0 Å². The van der Waals surface area contributed by atoms with Crippen LogP contribution in [0, 0.1) is 0 Å². The van der Waals surface area contributed by atoms with Crippen molar-refractivity contribution in [2.75, 3.05) is 13.2 Å². The van der Waals surface area contributed by atoms with Crippen LogP contribution in [0.4, 0.5) is 0 Å². The van der Waals surface area contributed by atoms with Crippen molar-refractivity contribution in [2.45, 2.75) is 322 Å². The molecule has 6 nitrogen and oxygen atoms in total. The number of esters is 3. The summed E-state index contributed by atoms with van der Waals surface area (Å²) in [5.41, 5.74) is 0. The third-order valence-corrected chi connectivity index (χ3v) is 13.3. The van der Waals surface area contributed by atoms with Gasteiger partial charge in [-0.05, 0) is 77.0 Å². The number of hydrogen-bond donors (Lipinski definition) is 0. The maximum atomic E-state index is 12.7. The molecule has 0 bridgehead atoms. The van der Waals surface area contributed by atoms with E-state index in [2.05, 4.69) is 69.4 Å². The van der Waals surface area contributed by atoms with Crippen LogP contribution in [0.1, 0.15) is 316 Å². The van der Waals surface area contributed by atoms with Crippen LogP contribution in [-0.2, 0) is 28.6 Å². The Hall–Kier alpha value is -2.63. The predicted octanol–water partition coefficient (Wildman–Crippen LogP) is 20.2. The van der Waals surface area contributed by atoms with E-state index in [0.717, 1.165) is 89.9 Å². The standard InChI is InChI=1S/C63H114O6/c1-4-7-10-13-15-17-19-21-22-23-24-25-26-27-28-29-30-31-32-33-34-35-36-37-38-39-40-42-43-45-47-50-53-56-62(65)68-59-60(58-67-61(64)55-52-49-12-9-6-3)69-63(66)57-54-51-48-46-44-41-20-18-16-14-11-8-5-2/h8,11,16,18,23-24,41,44,60H,4-7,9-10,12-15,17,19-22,25-40,42-43,45-59H2,1-3H3/b11-8-,18-16-,24-23-,44-41-. The van der Waals surface area contributed by atoms with E-state index in [9.17, 15) is 14.4 Å². The van der Waals surface area contributed by atoms with Gasteiger partial charge in [-0.3, -0.25) is 14.4 Å². The number of carbonyl (C=O) groups is 3. The fourth-order valence-corrected chi connectivity index (χ4v) is 8.81. The van der Waals surface area contributed by atoms with Crippen LogP contribution in [-0.4, -0.2) is 37.2 Å². The molecule has 0 heterocycles. The Morgan fingerprint density at radius 3 is 0.913 bits per heavy atom. The van der Waals surface area contributed by atoms with Gasteiger partial charge in [0, 0.05) is 19.3 Å². The van der Waals surface area contributed by atoms with Gasteiger partial charge in [-0.1, -0.05) is 268 Å². The van der Waals surface area contributed by atoms with Crippen molar-refractivity contribution in [3.05, 3.63) is 48.6 Å². The predicted molar refractivity (Wildman–Crippen MR) is 298 cm³/mol. The maximum Gasteiger partial charge on any atom is 0.306 e. The quantitative estimate of drug-likeness (QED) is 0.0262. The first-order valence-corrected chi connectivity index (χ1v) is 30.1. The average molecular weight is 968 g/mol. The summed E-state index contributed by atoms with van der Waals surface area (Å²) in [6, 6.07) is 0. The largest absolute Gasteiger partial charge is 0.462 e. The minimum absolute atomic E-state index is 0.0825. The molecule has 0 rings (SSSR count). The summed E-state index contributed by atoms with van der Waals surface area (Å²) in [7, 11) is 0. The van der Waals surface area contributed by atoms with Crippen LogP contribution in [0.3, 0.4) is 0 Å². The molecule has 0 fully saturated rings. The minimum atomic E-state index is -0.782. The Morgan fingerprint density at radius 1 is 0.304 bits per heavy atom. The molecule has 0 spiro atoms. The Balaban J connectivity index is 3.87. The van der Waals surface area contributed by atoms with Gasteiger partial charge in [-0.25, -0.2) is 0 Å². The summed E-state index contributed by atoms with van der Waals surface area (Å²) >= 11 is 0. The summed E-state index contributed by atoms with van der Waals surface area (Å²) in [5, 5.41) is 0. The lowest BCUT2D eigenvalue weighted by Gasteiger charge is -2.18. The zero-order chi connectivity index (χ0) is 50.0. The highest BCUT2D eigenvalue weighted by Gasteiger charge is 2.19. The molecule has 0 N–H and O–H groups in total. The van der Waals surface area contributed by atoms with Gasteiger partial charge in [0.15, 0.2) is 6.10 Å². The van der Waals surface area contributed by atoms with Crippen molar-refractivity contribution in [1.29, 1.82) is 0 Å². The second kappa shape index (κ2) is 57.9. The monoisotopic (exact) mass is 967 g/mol. The fourth-order valence-electron chi connectivity index (χ4n) is 8.81. The second-order valence-electron chi connectivity index (χ2n) is 20.2. The highest BCUT2D eigenvalue weighted by atomic mass is 16.6. The molecule has 0 radical (unpaired) electrons. The molecule has 1 atom stereocenters. The first-order chi connectivity index (χ1) is 34.0. The molecule has 0 saturated carbocycles. The number of carbonyl (C=O) groups excluding carboxylic acids is 3.